The summed E-state index contributed by atoms with van der Waals surface area (Å²) < 4.78 is 4.46. The third-order valence-corrected chi connectivity index (χ3v) is 1.24. The number of carbonyl (C=O) groups excluding carboxylic acids is 1. The van der Waals surface area contributed by atoms with Gasteiger partial charge in [-0.05, 0) is 6.42 Å². The molecule has 0 rings (SSSR count). The predicted octanol–water partition coefficient (Wildman–Crippen LogP) is -1.09. The Balaban J connectivity index is 3.68. The van der Waals surface area contributed by atoms with Crippen molar-refractivity contribution in [1.29, 1.82) is 0 Å². The van der Waals surface area contributed by atoms with E-state index in [2.05, 4.69) is 4.74 Å². The molecule has 1 atom stereocenters. The number of carbonyl (C=O) groups is 2. The highest BCUT2D eigenvalue weighted by molar-refractivity contribution is 5.90. The number of esters is 1. The molecule has 0 heterocycles. The Morgan fingerprint density at radius 1 is 1.36 bits per heavy atom. The first-order valence-electron chi connectivity index (χ1n) is 3.93. The van der Waals surface area contributed by atoms with E-state index in [1.54, 1.807) is 0 Å². The van der Waals surface area contributed by atoms with Gasteiger partial charge in [0, 0.05) is 18.8 Å². The van der Waals surface area contributed by atoms with Gasteiger partial charge < -0.3 is 20.1 Å². The average molecular weight is 204 g/mol. The minimum atomic E-state index is -1.25. The summed E-state index contributed by atoms with van der Waals surface area (Å²) in [4.78, 5) is 20.7. The van der Waals surface area contributed by atoms with Gasteiger partial charge in [-0.15, -0.1) is 0 Å². The number of aliphatic hydroxyl groups excluding tert-OH is 2. The van der Waals surface area contributed by atoms with E-state index < -0.39 is 18.0 Å². The molecule has 0 aromatic carbocycles. The Kier molecular flexibility index (Phi) is 6.34. The molecule has 0 aromatic heterocycles. The molecule has 0 aliphatic rings. The molecule has 0 bridgehead atoms. The molecule has 0 fully saturated rings. The summed E-state index contributed by atoms with van der Waals surface area (Å²) >= 11 is 0. The summed E-state index contributed by atoms with van der Waals surface area (Å²) in [7, 11) is 0. The molecule has 80 valence electrons. The van der Waals surface area contributed by atoms with E-state index in [-0.39, 0.29) is 19.6 Å². The lowest BCUT2D eigenvalue weighted by molar-refractivity contribution is -0.141. The first kappa shape index (κ1) is 12.6. The fourth-order valence-electron chi connectivity index (χ4n) is 0.598. The van der Waals surface area contributed by atoms with Gasteiger partial charge in [0.25, 0.3) is 0 Å². The molecule has 0 spiro atoms. The molecular formula is C8H12O6. The van der Waals surface area contributed by atoms with Gasteiger partial charge in [-0.2, -0.15) is 0 Å². The van der Waals surface area contributed by atoms with Gasteiger partial charge in [0.2, 0.25) is 0 Å². The quantitative estimate of drug-likeness (QED) is 0.375. The zero-order valence-electron chi connectivity index (χ0n) is 7.42. The van der Waals surface area contributed by atoms with Crippen LogP contribution in [0, 0.1) is 0 Å². The Morgan fingerprint density at radius 2 is 2.00 bits per heavy atom. The van der Waals surface area contributed by atoms with Crippen LogP contribution in [0.15, 0.2) is 12.2 Å². The van der Waals surface area contributed by atoms with E-state index in [4.69, 9.17) is 15.3 Å². The van der Waals surface area contributed by atoms with Gasteiger partial charge in [0.15, 0.2) is 0 Å². The van der Waals surface area contributed by atoms with Crippen molar-refractivity contribution in [2.45, 2.75) is 12.5 Å². The molecule has 6 nitrogen and oxygen atoms in total. The van der Waals surface area contributed by atoms with Crippen LogP contribution in [0.5, 0.6) is 0 Å². The molecule has 0 saturated heterocycles. The molecule has 0 saturated carbocycles. The zero-order chi connectivity index (χ0) is 11.0. The van der Waals surface area contributed by atoms with E-state index >= 15 is 0 Å². The third-order valence-electron chi connectivity index (χ3n) is 1.24. The number of hydrogen-bond acceptors (Lipinski definition) is 5. The van der Waals surface area contributed by atoms with Crippen LogP contribution in [0.1, 0.15) is 6.42 Å². The lowest BCUT2D eigenvalue weighted by Gasteiger charge is -2.07. The van der Waals surface area contributed by atoms with Gasteiger partial charge in [0.1, 0.15) is 6.61 Å². The molecule has 0 aliphatic heterocycles. The molecule has 1 unspecified atom stereocenters. The number of aliphatic hydroxyl groups is 2. The molecular weight excluding hydrogens is 192 g/mol. The molecule has 0 amide bonds. The van der Waals surface area contributed by atoms with Crippen LogP contribution in [-0.2, 0) is 14.3 Å². The molecule has 0 radical (unpaired) electrons. The molecule has 6 heteroatoms. The summed E-state index contributed by atoms with van der Waals surface area (Å²) in [5, 5.41) is 25.5. The summed E-state index contributed by atoms with van der Waals surface area (Å²) in [6.07, 6.45) is 0.562. The number of rotatable bonds is 6. The number of hydrogen-bond donors (Lipinski definition) is 3. The highest BCUT2D eigenvalue weighted by Crippen LogP contribution is 1.92. The lowest BCUT2D eigenvalue weighted by Crippen LogP contribution is -2.18. The highest BCUT2D eigenvalue weighted by atomic mass is 16.5. The van der Waals surface area contributed by atoms with Crippen LogP contribution in [0.25, 0.3) is 0 Å². The Bertz CT molecular complexity index is 222. The molecule has 3 N–H and O–H groups in total. The van der Waals surface area contributed by atoms with Gasteiger partial charge in [-0.3, -0.25) is 0 Å². The Labute approximate surface area is 80.4 Å². The Morgan fingerprint density at radius 3 is 2.50 bits per heavy atom. The maximum Gasteiger partial charge on any atom is 0.331 e. The van der Waals surface area contributed by atoms with Crippen molar-refractivity contribution in [3.8, 4) is 0 Å². The monoisotopic (exact) mass is 204 g/mol. The summed E-state index contributed by atoms with van der Waals surface area (Å²) in [6.45, 7) is -0.465. The third kappa shape index (κ3) is 7.26. The Hall–Kier alpha value is -1.40. The van der Waals surface area contributed by atoms with E-state index in [1.165, 1.54) is 0 Å². The zero-order valence-corrected chi connectivity index (χ0v) is 7.42. The van der Waals surface area contributed by atoms with Gasteiger partial charge in [-0.1, -0.05) is 0 Å². The second-order valence-corrected chi connectivity index (χ2v) is 2.47. The number of carboxylic acid groups (broad SMARTS) is 1. The van der Waals surface area contributed by atoms with Crippen molar-refractivity contribution < 1.29 is 29.6 Å². The van der Waals surface area contributed by atoms with Crippen LogP contribution in [-0.4, -0.2) is 46.6 Å². The second kappa shape index (κ2) is 7.05. The van der Waals surface area contributed by atoms with Gasteiger partial charge in [-0.25, -0.2) is 9.59 Å². The van der Waals surface area contributed by atoms with Gasteiger partial charge >= 0.3 is 11.9 Å². The molecule has 0 aliphatic carbocycles. The number of ether oxygens (including phenoxy) is 1. The topological polar surface area (TPSA) is 104 Å². The fourth-order valence-corrected chi connectivity index (χ4v) is 0.598. The number of carboxylic acids is 1. The van der Waals surface area contributed by atoms with Crippen molar-refractivity contribution in [1.82, 2.24) is 0 Å². The van der Waals surface area contributed by atoms with Crippen LogP contribution >= 0.6 is 0 Å². The van der Waals surface area contributed by atoms with Crippen molar-refractivity contribution in [3.05, 3.63) is 12.2 Å². The molecule has 0 aromatic rings. The SMILES string of the molecule is O=C(O)/C=C\C(=O)OCC(O)CCO. The second-order valence-electron chi connectivity index (χ2n) is 2.47. The first-order chi connectivity index (χ1) is 6.56. The maximum absolute atomic E-state index is 10.7. The minimum absolute atomic E-state index is 0.107. The normalized spacial score (nSPS) is 12.7. The van der Waals surface area contributed by atoms with E-state index in [0.29, 0.717) is 6.08 Å². The smallest absolute Gasteiger partial charge is 0.331 e. The van der Waals surface area contributed by atoms with E-state index in [0.717, 1.165) is 6.08 Å². The summed E-state index contributed by atoms with van der Waals surface area (Å²) in [5.74, 6) is -2.10. The predicted molar refractivity (Wildman–Crippen MR) is 45.4 cm³/mol. The van der Waals surface area contributed by atoms with Crippen molar-refractivity contribution in [2.75, 3.05) is 13.2 Å². The van der Waals surface area contributed by atoms with Crippen LogP contribution < -0.4 is 0 Å². The van der Waals surface area contributed by atoms with Crippen molar-refractivity contribution >= 4 is 11.9 Å². The summed E-state index contributed by atoms with van der Waals surface area (Å²) in [5.41, 5.74) is 0. The number of aliphatic carboxylic acids is 1. The van der Waals surface area contributed by atoms with Crippen LogP contribution in [0.2, 0.25) is 0 Å². The highest BCUT2D eigenvalue weighted by Gasteiger charge is 2.05. The van der Waals surface area contributed by atoms with Crippen molar-refractivity contribution in [3.63, 3.8) is 0 Å². The fraction of sp³-hybridized carbons (Fsp3) is 0.500. The lowest BCUT2D eigenvalue weighted by atomic mass is 10.3. The van der Waals surface area contributed by atoms with Gasteiger partial charge in [0.05, 0.1) is 6.10 Å². The van der Waals surface area contributed by atoms with E-state index in [1.807, 2.05) is 0 Å². The molecule has 14 heavy (non-hydrogen) atoms. The van der Waals surface area contributed by atoms with Crippen LogP contribution in [0.4, 0.5) is 0 Å². The average Bonchev–Trinajstić information content (AvgIpc) is 2.12. The standard InChI is InChI=1S/C8H12O6/c9-4-3-6(10)5-14-8(13)2-1-7(11)12/h1-2,6,9-10H,3-5H2,(H,11,12)/b2-1-. The van der Waals surface area contributed by atoms with Crippen molar-refractivity contribution in [2.24, 2.45) is 0 Å². The largest absolute Gasteiger partial charge is 0.478 e. The maximum atomic E-state index is 10.7. The first-order valence-corrected chi connectivity index (χ1v) is 3.93. The summed E-state index contributed by atoms with van der Waals surface area (Å²) in [6, 6.07) is 0. The minimum Gasteiger partial charge on any atom is -0.478 e. The van der Waals surface area contributed by atoms with Crippen LogP contribution in [0.3, 0.4) is 0 Å². The van der Waals surface area contributed by atoms with E-state index in [9.17, 15) is 9.59 Å².